The number of nitrogens with one attached hydrogen (secondary N) is 1. The van der Waals surface area contributed by atoms with Crippen LogP contribution >= 0.6 is 0 Å². The van der Waals surface area contributed by atoms with Gasteiger partial charge in [-0.2, -0.15) is 0 Å². The van der Waals surface area contributed by atoms with Crippen molar-refractivity contribution in [1.29, 1.82) is 0 Å². The number of pyridine rings is 1. The lowest BCUT2D eigenvalue weighted by Crippen LogP contribution is -2.31. The molecule has 1 aromatic heterocycles. The normalized spacial score (nSPS) is 17.0. The van der Waals surface area contributed by atoms with Gasteiger partial charge in [0, 0.05) is 47.6 Å². The number of amides is 1. The number of rotatable bonds is 5. The van der Waals surface area contributed by atoms with Gasteiger partial charge in [0.2, 0.25) is 0 Å². The lowest BCUT2D eigenvalue weighted by Gasteiger charge is -2.31. The summed E-state index contributed by atoms with van der Waals surface area (Å²) in [6.07, 6.45) is 5.03. The van der Waals surface area contributed by atoms with Crippen LogP contribution in [0.15, 0.2) is 59.9 Å². The highest BCUT2D eigenvalue weighted by Crippen LogP contribution is 2.47. The Morgan fingerprint density at radius 3 is 2.60 bits per heavy atom. The van der Waals surface area contributed by atoms with E-state index in [1.54, 1.807) is 19.5 Å². The number of hydrogen-bond donors (Lipinski definition) is 1. The third-order valence-electron chi connectivity index (χ3n) is 6.50. The molecule has 2 aliphatic heterocycles. The second-order valence-electron chi connectivity index (χ2n) is 10.5. The number of methoxy groups -OCH3 is 1. The molecule has 6 heteroatoms. The van der Waals surface area contributed by atoms with Crippen LogP contribution in [0.3, 0.4) is 0 Å². The molecule has 3 heterocycles. The zero-order valence-corrected chi connectivity index (χ0v) is 20.9. The van der Waals surface area contributed by atoms with E-state index >= 15 is 0 Å². The smallest absolute Gasteiger partial charge is 0.251 e. The Kier molecular flexibility index (Phi) is 5.62. The maximum atomic E-state index is 13.0. The standard InChI is InChI=1S/C29H31N3O3/c1-28(2)15-21-14-23(34-5)26-22(16-29(3,4)35-26)24(21)25(32-28)19-7-6-8-20(13-19)27(33)31-17-18-9-11-30-12-10-18/h6-14H,15-17H2,1-5H3,(H,31,33). The second kappa shape index (κ2) is 8.52. The number of hydrogen-bond acceptors (Lipinski definition) is 5. The van der Waals surface area contributed by atoms with E-state index in [-0.39, 0.29) is 17.0 Å². The fraction of sp³-hybridized carbons (Fsp3) is 0.345. The van der Waals surface area contributed by atoms with Crippen molar-refractivity contribution in [2.24, 2.45) is 4.99 Å². The zero-order chi connectivity index (χ0) is 24.8. The van der Waals surface area contributed by atoms with Crippen LogP contribution in [0.5, 0.6) is 11.5 Å². The molecule has 1 amide bonds. The molecule has 2 aliphatic rings. The maximum Gasteiger partial charge on any atom is 0.251 e. The van der Waals surface area contributed by atoms with Crippen LogP contribution < -0.4 is 14.8 Å². The molecule has 6 nitrogen and oxygen atoms in total. The molecule has 1 N–H and O–H groups in total. The molecular formula is C29H31N3O3. The lowest BCUT2D eigenvalue weighted by molar-refractivity contribution is 0.0951. The number of ether oxygens (including phenoxy) is 2. The predicted octanol–water partition coefficient (Wildman–Crippen LogP) is 4.91. The van der Waals surface area contributed by atoms with E-state index in [0.717, 1.165) is 52.3 Å². The van der Waals surface area contributed by atoms with Crippen LogP contribution in [-0.2, 0) is 19.4 Å². The van der Waals surface area contributed by atoms with E-state index in [1.807, 2.05) is 36.4 Å². The monoisotopic (exact) mass is 469 g/mol. The van der Waals surface area contributed by atoms with Crippen LogP contribution in [0.4, 0.5) is 0 Å². The number of aliphatic imine (C=N–C) groups is 1. The van der Waals surface area contributed by atoms with Gasteiger partial charge in [-0.25, -0.2) is 0 Å². The van der Waals surface area contributed by atoms with E-state index in [1.165, 1.54) is 5.56 Å². The van der Waals surface area contributed by atoms with Crippen molar-refractivity contribution < 1.29 is 14.3 Å². The number of aromatic nitrogens is 1. The van der Waals surface area contributed by atoms with E-state index in [4.69, 9.17) is 14.5 Å². The van der Waals surface area contributed by atoms with Crippen molar-refractivity contribution in [3.8, 4) is 11.5 Å². The number of nitrogens with zero attached hydrogens (tertiary/aromatic N) is 2. The van der Waals surface area contributed by atoms with Crippen LogP contribution in [0.1, 0.15) is 65.9 Å². The molecule has 0 bridgehead atoms. The van der Waals surface area contributed by atoms with Crippen molar-refractivity contribution in [3.05, 3.63) is 88.2 Å². The Bertz CT molecular complexity index is 1330. The molecule has 0 unspecified atom stereocenters. The van der Waals surface area contributed by atoms with Gasteiger partial charge in [-0.3, -0.25) is 14.8 Å². The van der Waals surface area contributed by atoms with Crippen molar-refractivity contribution in [3.63, 3.8) is 0 Å². The van der Waals surface area contributed by atoms with E-state index < -0.39 is 0 Å². The molecule has 180 valence electrons. The van der Waals surface area contributed by atoms with Gasteiger partial charge in [0.25, 0.3) is 5.91 Å². The number of carbonyl (C=O) groups excluding carboxylic acids is 1. The summed E-state index contributed by atoms with van der Waals surface area (Å²) in [5.74, 6) is 1.45. The zero-order valence-electron chi connectivity index (χ0n) is 20.9. The van der Waals surface area contributed by atoms with Crippen LogP contribution in [-0.4, -0.2) is 34.9 Å². The first-order valence-corrected chi connectivity index (χ1v) is 12.0. The van der Waals surface area contributed by atoms with Crippen molar-refractivity contribution in [2.75, 3.05) is 7.11 Å². The highest BCUT2D eigenvalue weighted by Gasteiger charge is 2.39. The average molecular weight is 470 g/mol. The molecule has 0 atom stereocenters. The van der Waals surface area contributed by atoms with Gasteiger partial charge >= 0.3 is 0 Å². The van der Waals surface area contributed by atoms with Gasteiger partial charge in [0.15, 0.2) is 11.5 Å². The number of fused-ring (bicyclic) bond motifs is 3. The summed E-state index contributed by atoms with van der Waals surface area (Å²) in [6, 6.07) is 13.6. The van der Waals surface area contributed by atoms with Crippen molar-refractivity contribution >= 4 is 11.6 Å². The van der Waals surface area contributed by atoms with Gasteiger partial charge in [0.1, 0.15) is 5.60 Å². The molecular weight excluding hydrogens is 438 g/mol. The summed E-state index contributed by atoms with van der Waals surface area (Å²) in [4.78, 5) is 22.2. The lowest BCUT2D eigenvalue weighted by atomic mass is 9.80. The Labute approximate surface area is 206 Å². The molecule has 0 spiro atoms. The molecule has 0 saturated carbocycles. The van der Waals surface area contributed by atoms with Gasteiger partial charge in [-0.05, 0) is 75.6 Å². The van der Waals surface area contributed by atoms with Crippen LogP contribution in [0.2, 0.25) is 0 Å². The minimum absolute atomic E-state index is 0.121. The maximum absolute atomic E-state index is 13.0. The molecule has 0 saturated heterocycles. The summed E-state index contributed by atoms with van der Waals surface area (Å²) >= 11 is 0. The number of benzene rings is 2. The first kappa shape index (κ1) is 23.1. The topological polar surface area (TPSA) is 72.8 Å². The predicted molar refractivity (Wildman–Crippen MR) is 137 cm³/mol. The van der Waals surface area contributed by atoms with Gasteiger partial charge in [0.05, 0.1) is 18.4 Å². The molecule has 3 aromatic rings. The molecule has 35 heavy (non-hydrogen) atoms. The summed E-state index contributed by atoms with van der Waals surface area (Å²) in [7, 11) is 1.69. The quantitative estimate of drug-likeness (QED) is 0.577. The largest absolute Gasteiger partial charge is 0.493 e. The van der Waals surface area contributed by atoms with E-state index in [0.29, 0.717) is 12.1 Å². The van der Waals surface area contributed by atoms with Crippen molar-refractivity contribution in [2.45, 2.75) is 58.2 Å². The van der Waals surface area contributed by atoms with E-state index in [9.17, 15) is 4.79 Å². The highest BCUT2D eigenvalue weighted by molar-refractivity contribution is 6.16. The minimum Gasteiger partial charge on any atom is -0.493 e. The Hall–Kier alpha value is -3.67. The average Bonchev–Trinajstić information content (AvgIpc) is 3.16. The Balaban J connectivity index is 1.54. The van der Waals surface area contributed by atoms with Crippen LogP contribution in [0.25, 0.3) is 0 Å². The first-order chi connectivity index (χ1) is 16.7. The fourth-order valence-corrected chi connectivity index (χ4v) is 5.02. The summed E-state index contributed by atoms with van der Waals surface area (Å²) < 4.78 is 12.0. The third kappa shape index (κ3) is 4.53. The van der Waals surface area contributed by atoms with Gasteiger partial charge in [-0.15, -0.1) is 0 Å². The first-order valence-electron chi connectivity index (χ1n) is 12.0. The minimum atomic E-state index is -0.322. The van der Waals surface area contributed by atoms with Gasteiger partial charge < -0.3 is 14.8 Å². The number of carbonyl (C=O) groups is 1. The molecule has 0 radical (unpaired) electrons. The Morgan fingerprint density at radius 1 is 1.09 bits per heavy atom. The van der Waals surface area contributed by atoms with Crippen LogP contribution in [0, 0.1) is 0 Å². The fourth-order valence-electron chi connectivity index (χ4n) is 5.02. The summed E-state index contributed by atoms with van der Waals surface area (Å²) in [6.45, 7) is 8.91. The van der Waals surface area contributed by atoms with Crippen molar-refractivity contribution in [1.82, 2.24) is 10.3 Å². The second-order valence-corrected chi connectivity index (χ2v) is 10.5. The molecule has 2 aromatic carbocycles. The molecule has 0 fully saturated rings. The highest BCUT2D eigenvalue weighted by atomic mass is 16.5. The van der Waals surface area contributed by atoms with Gasteiger partial charge in [-0.1, -0.05) is 12.1 Å². The van der Waals surface area contributed by atoms with E-state index in [2.05, 4.69) is 44.1 Å². The molecule has 0 aliphatic carbocycles. The third-order valence-corrected chi connectivity index (χ3v) is 6.50. The summed E-state index contributed by atoms with van der Waals surface area (Å²) in [5.41, 5.74) is 6.27. The Morgan fingerprint density at radius 2 is 1.86 bits per heavy atom. The summed E-state index contributed by atoms with van der Waals surface area (Å²) in [5, 5.41) is 3.01. The molecule has 5 rings (SSSR count). The SMILES string of the molecule is COc1cc2c(c3c1OC(C)(C)C3)C(c1cccc(C(=O)NCc3ccncc3)c1)=NC(C)(C)C2.